The third-order valence-corrected chi connectivity index (χ3v) is 4.03. The Balaban J connectivity index is 1.97. The summed E-state index contributed by atoms with van der Waals surface area (Å²) in [6.45, 7) is 3.43. The van der Waals surface area contributed by atoms with E-state index in [1.54, 1.807) is 50.2 Å². The number of rotatable bonds is 5. The maximum absolute atomic E-state index is 12.4. The van der Waals surface area contributed by atoms with Crippen LogP contribution in [0.25, 0.3) is 0 Å². The van der Waals surface area contributed by atoms with Gasteiger partial charge in [-0.25, -0.2) is 0 Å². The first-order valence-corrected chi connectivity index (χ1v) is 8.05. The van der Waals surface area contributed by atoms with E-state index in [2.05, 4.69) is 10.6 Å². The van der Waals surface area contributed by atoms with Crippen molar-refractivity contribution in [3.63, 3.8) is 0 Å². The van der Waals surface area contributed by atoms with Crippen molar-refractivity contribution < 1.29 is 9.59 Å². The molecule has 0 radical (unpaired) electrons. The van der Waals surface area contributed by atoms with Gasteiger partial charge in [-0.3, -0.25) is 9.59 Å². The molecule has 0 aromatic heterocycles. The maximum atomic E-state index is 12.4. The topological polar surface area (TPSA) is 82.0 Å². The molecule has 25 heavy (non-hydrogen) atoms. The molecule has 0 aliphatic heterocycles. The van der Waals surface area contributed by atoms with Gasteiger partial charge in [0.15, 0.2) is 0 Å². The molecule has 0 spiro atoms. The van der Waals surface area contributed by atoms with Gasteiger partial charge in [0.05, 0.1) is 11.6 Å². The zero-order valence-corrected chi connectivity index (χ0v) is 14.7. The van der Waals surface area contributed by atoms with E-state index in [4.69, 9.17) is 16.9 Å². The fourth-order valence-corrected chi connectivity index (χ4v) is 2.15. The summed E-state index contributed by atoms with van der Waals surface area (Å²) in [7, 11) is 0. The first kappa shape index (κ1) is 18.5. The van der Waals surface area contributed by atoms with Gasteiger partial charge in [-0.1, -0.05) is 23.7 Å². The summed E-state index contributed by atoms with van der Waals surface area (Å²) >= 11 is 5.83. The van der Waals surface area contributed by atoms with Crippen LogP contribution in [-0.4, -0.2) is 11.8 Å². The van der Waals surface area contributed by atoms with Crippen molar-refractivity contribution in [2.45, 2.75) is 20.4 Å². The zero-order valence-electron chi connectivity index (χ0n) is 14.0. The van der Waals surface area contributed by atoms with Crippen LogP contribution in [0.2, 0.25) is 5.02 Å². The highest BCUT2D eigenvalue weighted by molar-refractivity contribution is 6.30. The lowest BCUT2D eigenvalue weighted by molar-refractivity contribution is -0.138. The summed E-state index contributed by atoms with van der Waals surface area (Å²) in [5.74, 6) is -0.806. The van der Waals surface area contributed by atoms with Crippen molar-refractivity contribution in [3.8, 4) is 6.07 Å². The summed E-state index contributed by atoms with van der Waals surface area (Å²) in [4.78, 5) is 24.8. The van der Waals surface area contributed by atoms with Crippen LogP contribution in [0.4, 0.5) is 5.69 Å². The van der Waals surface area contributed by atoms with E-state index < -0.39 is 11.3 Å². The minimum atomic E-state index is -1.25. The molecule has 0 heterocycles. The lowest BCUT2D eigenvalue weighted by Gasteiger charge is -2.22. The molecule has 128 valence electrons. The average molecular weight is 356 g/mol. The number of nitrogens with one attached hydrogen (secondary N) is 2. The second-order valence-electron chi connectivity index (χ2n) is 6.08. The van der Waals surface area contributed by atoms with Gasteiger partial charge in [-0.2, -0.15) is 5.26 Å². The quantitative estimate of drug-likeness (QED) is 0.805. The normalized spacial score (nSPS) is 10.6. The van der Waals surface area contributed by atoms with Crippen LogP contribution >= 0.6 is 11.6 Å². The monoisotopic (exact) mass is 355 g/mol. The molecule has 2 aromatic rings. The Kier molecular flexibility index (Phi) is 5.79. The molecule has 0 aliphatic rings. The van der Waals surface area contributed by atoms with E-state index >= 15 is 0 Å². The SMILES string of the molecule is CC(C)(C(=O)NCc1ccc(Cl)cc1)C(=O)Nc1ccc(C#N)cc1. The summed E-state index contributed by atoms with van der Waals surface area (Å²) < 4.78 is 0. The van der Waals surface area contributed by atoms with Crippen molar-refractivity contribution in [1.29, 1.82) is 5.26 Å². The molecule has 6 heteroatoms. The predicted molar refractivity (Wildman–Crippen MR) is 96.9 cm³/mol. The van der Waals surface area contributed by atoms with Gasteiger partial charge >= 0.3 is 0 Å². The molecular formula is C19H18ClN3O2. The summed E-state index contributed by atoms with van der Waals surface area (Å²) in [5.41, 5.74) is 0.668. The molecule has 0 aliphatic carbocycles. The number of hydrogen-bond donors (Lipinski definition) is 2. The van der Waals surface area contributed by atoms with Gasteiger partial charge in [0.1, 0.15) is 5.41 Å². The number of carbonyl (C=O) groups excluding carboxylic acids is 2. The van der Waals surface area contributed by atoms with Crippen LogP contribution in [-0.2, 0) is 16.1 Å². The van der Waals surface area contributed by atoms with Crippen LogP contribution in [0.1, 0.15) is 25.0 Å². The van der Waals surface area contributed by atoms with Gasteiger partial charge < -0.3 is 10.6 Å². The Labute approximate surface area is 151 Å². The highest BCUT2D eigenvalue weighted by Gasteiger charge is 2.35. The third kappa shape index (κ3) is 4.82. The highest BCUT2D eigenvalue weighted by Crippen LogP contribution is 2.20. The van der Waals surface area contributed by atoms with Crippen LogP contribution < -0.4 is 10.6 Å². The number of nitrogens with zero attached hydrogens (tertiary/aromatic N) is 1. The summed E-state index contributed by atoms with van der Waals surface area (Å²) in [6.07, 6.45) is 0. The lowest BCUT2D eigenvalue weighted by atomic mass is 9.90. The number of nitriles is 1. The van der Waals surface area contributed by atoms with Crippen molar-refractivity contribution >= 4 is 29.1 Å². The second-order valence-corrected chi connectivity index (χ2v) is 6.51. The molecule has 0 fully saturated rings. The lowest BCUT2D eigenvalue weighted by Crippen LogP contribution is -2.44. The smallest absolute Gasteiger partial charge is 0.239 e. The number of anilines is 1. The highest BCUT2D eigenvalue weighted by atomic mass is 35.5. The molecule has 2 N–H and O–H groups in total. The van der Waals surface area contributed by atoms with E-state index in [0.717, 1.165) is 5.56 Å². The van der Waals surface area contributed by atoms with Gasteiger partial charge in [0.25, 0.3) is 0 Å². The van der Waals surface area contributed by atoms with Gasteiger partial charge in [-0.15, -0.1) is 0 Å². The molecule has 0 unspecified atom stereocenters. The fraction of sp³-hybridized carbons (Fsp3) is 0.211. The van der Waals surface area contributed by atoms with E-state index in [9.17, 15) is 9.59 Å². The summed E-state index contributed by atoms with van der Waals surface area (Å²) in [5, 5.41) is 14.9. The first-order valence-electron chi connectivity index (χ1n) is 7.67. The standard InChI is InChI=1S/C19H18ClN3O2/c1-19(2,17(24)22-12-14-3-7-15(20)8-4-14)18(25)23-16-9-5-13(11-21)6-10-16/h3-10H,12H2,1-2H3,(H,22,24)(H,23,25). The number of hydrogen-bond acceptors (Lipinski definition) is 3. The molecule has 0 saturated carbocycles. The molecule has 0 saturated heterocycles. The molecule has 5 nitrogen and oxygen atoms in total. The van der Waals surface area contributed by atoms with Gasteiger partial charge in [0.2, 0.25) is 11.8 Å². The largest absolute Gasteiger partial charge is 0.351 e. The number of carbonyl (C=O) groups is 2. The molecule has 0 bridgehead atoms. The zero-order chi connectivity index (χ0) is 18.4. The van der Waals surface area contributed by atoms with Crippen molar-refractivity contribution in [2.75, 3.05) is 5.32 Å². The van der Waals surface area contributed by atoms with Gasteiger partial charge in [0, 0.05) is 17.3 Å². The predicted octanol–water partition coefficient (Wildman–Crippen LogP) is 3.49. The fourth-order valence-electron chi connectivity index (χ4n) is 2.02. The number of halogens is 1. The van der Waals surface area contributed by atoms with Crippen LogP contribution in [0.3, 0.4) is 0 Å². The Hall–Kier alpha value is -2.84. The molecule has 2 amide bonds. The minimum absolute atomic E-state index is 0.309. The Morgan fingerprint density at radius 3 is 2.20 bits per heavy atom. The molecule has 0 atom stereocenters. The van der Waals surface area contributed by atoms with Crippen LogP contribution in [0.5, 0.6) is 0 Å². The second kappa shape index (κ2) is 7.82. The molecule has 2 aromatic carbocycles. The maximum Gasteiger partial charge on any atom is 0.239 e. The first-order chi connectivity index (χ1) is 11.8. The van der Waals surface area contributed by atoms with E-state index in [1.165, 1.54) is 0 Å². The number of benzene rings is 2. The van der Waals surface area contributed by atoms with E-state index in [1.807, 2.05) is 18.2 Å². The Morgan fingerprint density at radius 2 is 1.64 bits per heavy atom. The Morgan fingerprint density at radius 1 is 1.04 bits per heavy atom. The molecule has 2 rings (SSSR count). The summed E-state index contributed by atoms with van der Waals surface area (Å²) in [6, 6.07) is 15.6. The van der Waals surface area contributed by atoms with Crippen LogP contribution in [0.15, 0.2) is 48.5 Å². The van der Waals surface area contributed by atoms with Crippen molar-refractivity contribution in [3.05, 3.63) is 64.7 Å². The molecular weight excluding hydrogens is 338 g/mol. The van der Waals surface area contributed by atoms with Crippen LogP contribution in [0, 0.1) is 16.7 Å². The van der Waals surface area contributed by atoms with E-state index in [0.29, 0.717) is 22.8 Å². The van der Waals surface area contributed by atoms with Crippen molar-refractivity contribution in [1.82, 2.24) is 5.32 Å². The number of amides is 2. The van der Waals surface area contributed by atoms with E-state index in [-0.39, 0.29) is 5.91 Å². The van der Waals surface area contributed by atoms with Crippen molar-refractivity contribution in [2.24, 2.45) is 5.41 Å². The Bertz CT molecular complexity index is 806. The average Bonchev–Trinajstić information content (AvgIpc) is 2.61. The minimum Gasteiger partial charge on any atom is -0.351 e. The third-order valence-electron chi connectivity index (χ3n) is 3.77. The van der Waals surface area contributed by atoms with Gasteiger partial charge in [-0.05, 0) is 55.8 Å².